The van der Waals surface area contributed by atoms with Crippen molar-refractivity contribution in [2.75, 3.05) is 19.0 Å². The first-order chi connectivity index (χ1) is 22.5. The Kier molecular flexibility index (Phi) is 10.6. The van der Waals surface area contributed by atoms with Crippen molar-refractivity contribution in [3.05, 3.63) is 132 Å². The van der Waals surface area contributed by atoms with E-state index in [9.17, 15) is 23.7 Å². The third kappa shape index (κ3) is 7.50. The number of pyridine rings is 1. The minimum atomic E-state index is -3.76. The number of benzene rings is 3. The number of hydrogen-bond donors (Lipinski definition) is 3. The summed E-state index contributed by atoms with van der Waals surface area (Å²) < 4.78 is 33.9. The van der Waals surface area contributed by atoms with E-state index in [4.69, 9.17) is 4.43 Å². The monoisotopic (exact) mass is 669 g/mol. The number of phenols is 1. The van der Waals surface area contributed by atoms with Crippen LogP contribution in [0.25, 0.3) is 11.6 Å². The Labute approximate surface area is 279 Å². The summed E-state index contributed by atoms with van der Waals surface area (Å²) in [4.78, 5) is 4.50. The van der Waals surface area contributed by atoms with Crippen molar-refractivity contribution in [3.63, 3.8) is 0 Å². The molecule has 2 heterocycles. The van der Waals surface area contributed by atoms with Gasteiger partial charge in [-0.15, -0.1) is 0 Å². The Bertz CT molecular complexity index is 1780. The van der Waals surface area contributed by atoms with E-state index in [0.717, 1.165) is 21.5 Å². The van der Waals surface area contributed by atoms with Gasteiger partial charge >= 0.3 is 0 Å². The first-order valence-corrected chi connectivity index (χ1v) is 19.5. The van der Waals surface area contributed by atoms with Gasteiger partial charge in [0.25, 0.3) is 8.32 Å². The maximum absolute atomic E-state index is 13.4. The van der Waals surface area contributed by atoms with Crippen molar-refractivity contribution in [3.8, 4) is 5.75 Å². The van der Waals surface area contributed by atoms with Gasteiger partial charge in [0.05, 0.1) is 30.8 Å². The summed E-state index contributed by atoms with van der Waals surface area (Å²) in [7, 11) is -6.76. The number of aromatic hydroxyl groups is 1. The largest absolute Gasteiger partial charge is 0.508 e. The Morgan fingerprint density at radius 3 is 2.15 bits per heavy atom. The average Bonchev–Trinajstić information content (AvgIpc) is 3.33. The van der Waals surface area contributed by atoms with Crippen LogP contribution in [0.2, 0.25) is 5.04 Å². The molecule has 1 aliphatic rings. The molecule has 0 amide bonds. The lowest BCUT2D eigenvalue weighted by Gasteiger charge is -2.43. The first-order valence-electron chi connectivity index (χ1n) is 15.8. The van der Waals surface area contributed by atoms with Gasteiger partial charge < -0.3 is 19.7 Å². The van der Waals surface area contributed by atoms with E-state index >= 15 is 0 Å². The van der Waals surface area contributed by atoms with Gasteiger partial charge in [-0.25, -0.2) is 8.42 Å². The zero-order valence-electron chi connectivity index (χ0n) is 27.1. The molecule has 0 fully saturated rings. The van der Waals surface area contributed by atoms with Gasteiger partial charge in [0.15, 0.2) is 9.84 Å². The molecule has 0 radical (unpaired) electrons. The zero-order chi connectivity index (χ0) is 33.7. The molecule has 246 valence electrons. The summed E-state index contributed by atoms with van der Waals surface area (Å²) >= 11 is 0. The molecule has 1 aromatic heterocycles. The Balaban J connectivity index is 1.51. The molecule has 4 aromatic rings. The predicted octanol–water partition coefficient (Wildman–Crippen LogP) is 5.13. The lowest BCUT2D eigenvalue weighted by atomic mass is 9.94. The number of phenolic OH excluding ortho intramolecular Hbond substituents is 1. The number of aliphatic hydroxyl groups excluding tert-OH is 2. The smallest absolute Gasteiger partial charge is 0.261 e. The summed E-state index contributed by atoms with van der Waals surface area (Å²) in [6, 6.07) is 32.7. The highest BCUT2D eigenvalue weighted by Crippen LogP contribution is 2.39. The molecule has 0 unspecified atom stereocenters. The highest BCUT2D eigenvalue weighted by Gasteiger charge is 2.51. The van der Waals surface area contributed by atoms with Gasteiger partial charge in [0.2, 0.25) is 0 Å². The number of rotatable bonds is 12. The van der Waals surface area contributed by atoms with Gasteiger partial charge in [0.1, 0.15) is 11.0 Å². The fourth-order valence-electron chi connectivity index (χ4n) is 6.68. The molecule has 9 heteroatoms. The quantitative estimate of drug-likeness (QED) is 0.142. The number of sulfone groups is 1. The molecular weight excluding hydrogens is 627 g/mol. The molecule has 5 rings (SSSR count). The molecule has 2 atom stereocenters. The second-order valence-electron chi connectivity index (χ2n) is 13.0. The minimum Gasteiger partial charge on any atom is -0.508 e. The van der Waals surface area contributed by atoms with E-state index in [-0.39, 0.29) is 29.6 Å². The first kappa shape index (κ1) is 34.5. The molecule has 0 aliphatic carbocycles. The van der Waals surface area contributed by atoms with Crippen LogP contribution in [0.5, 0.6) is 5.75 Å². The summed E-state index contributed by atoms with van der Waals surface area (Å²) in [5, 5.41) is 32.7. The van der Waals surface area contributed by atoms with Crippen LogP contribution in [-0.2, 0) is 14.3 Å². The predicted molar refractivity (Wildman–Crippen MR) is 191 cm³/mol. The molecule has 0 bridgehead atoms. The molecule has 47 heavy (non-hydrogen) atoms. The maximum atomic E-state index is 13.4. The third-order valence-electron chi connectivity index (χ3n) is 8.86. The second kappa shape index (κ2) is 14.5. The van der Waals surface area contributed by atoms with E-state index < -0.39 is 36.1 Å². The molecule has 3 N–H and O–H groups in total. The van der Waals surface area contributed by atoms with Crippen LogP contribution in [-0.4, -0.2) is 67.4 Å². The van der Waals surface area contributed by atoms with Crippen LogP contribution in [0.1, 0.15) is 44.9 Å². The fraction of sp³-hybridized carbons (Fsp3) is 0.289. The van der Waals surface area contributed by atoms with E-state index in [1.807, 2.05) is 66.7 Å². The van der Waals surface area contributed by atoms with E-state index in [1.165, 1.54) is 0 Å². The van der Waals surface area contributed by atoms with Crippen molar-refractivity contribution in [1.82, 2.24) is 4.98 Å². The molecule has 1 aliphatic heterocycles. The van der Waals surface area contributed by atoms with Crippen molar-refractivity contribution in [2.45, 2.75) is 50.0 Å². The van der Waals surface area contributed by atoms with Crippen molar-refractivity contribution in [2.24, 2.45) is 0 Å². The number of aromatic nitrogens is 1. The lowest BCUT2D eigenvalue weighted by molar-refractivity contribution is 0.188. The topological polar surface area (TPSA) is 117 Å². The third-order valence-corrected chi connectivity index (χ3v) is 15.9. The average molecular weight is 670 g/mol. The fourth-order valence-corrected chi connectivity index (χ4v) is 13.1. The molecule has 0 saturated heterocycles. The second-order valence-corrected chi connectivity index (χ2v) is 19.5. The van der Waals surface area contributed by atoms with Gasteiger partial charge in [-0.3, -0.25) is 4.98 Å². The SMILES string of the molecule is CC(C)(C)[Si](OCC1=C([C@H](O)CC/C(=C/c2cccc(O)c2)c2ccccn2)[C@H](CO)S(=O)(=O)C1)(c1ccccc1)c1ccccc1. The number of aliphatic hydroxyl groups is 2. The van der Waals surface area contributed by atoms with E-state index in [2.05, 4.69) is 50.0 Å². The minimum absolute atomic E-state index is 0.0155. The molecule has 7 nitrogen and oxygen atoms in total. The zero-order valence-corrected chi connectivity index (χ0v) is 28.9. The molecule has 3 aromatic carbocycles. The Morgan fingerprint density at radius 1 is 0.957 bits per heavy atom. The van der Waals surface area contributed by atoms with E-state index in [0.29, 0.717) is 23.3 Å². The standard InChI is InChI=1S/C38H43NO6SSi/c1-38(2,3)47(32-15-6-4-7-16-32,33-17-8-5-9-18-33)45-26-30-27-46(43,44)36(25-40)37(30)35(42)21-20-29(34-19-10-11-22-39-34)23-28-13-12-14-31(41)24-28/h4-19,22-24,35-36,40-42H,20-21,25-27H2,1-3H3/b29-23-/t35-,36+/m1/s1. The normalized spacial score (nSPS) is 17.6. The summed E-state index contributed by atoms with van der Waals surface area (Å²) in [6.45, 7) is 5.86. The van der Waals surface area contributed by atoms with Gasteiger partial charge in [-0.1, -0.05) is 99.6 Å². The number of nitrogens with zero attached hydrogens (tertiary/aromatic N) is 1. The lowest BCUT2D eigenvalue weighted by Crippen LogP contribution is -2.66. The Hall–Kier alpha value is -3.86. The van der Waals surface area contributed by atoms with Crippen molar-refractivity contribution < 1.29 is 28.2 Å². The van der Waals surface area contributed by atoms with Gasteiger partial charge in [-0.05, 0) is 80.9 Å². The van der Waals surface area contributed by atoms with Crippen LogP contribution in [0.4, 0.5) is 0 Å². The summed E-state index contributed by atoms with van der Waals surface area (Å²) in [6.07, 6.45) is 3.03. The summed E-state index contributed by atoms with van der Waals surface area (Å²) in [5.74, 6) is -0.147. The van der Waals surface area contributed by atoms with Crippen LogP contribution in [0.3, 0.4) is 0 Å². The molecule has 0 spiro atoms. The van der Waals surface area contributed by atoms with Crippen molar-refractivity contribution >= 4 is 40.2 Å². The maximum Gasteiger partial charge on any atom is 0.261 e. The number of allylic oxidation sites excluding steroid dienone is 1. The highest BCUT2D eigenvalue weighted by molar-refractivity contribution is 7.92. The van der Waals surface area contributed by atoms with Crippen LogP contribution in [0.15, 0.2) is 120 Å². The number of hydrogen-bond acceptors (Lipinski definition) is 7. The van der Waals surface area contributed by atoms with Crippen molar-refractivity contribution in [1.29, 1.82) is 0 Å². The van der Waals surface area contributed by atoms with Crippen LogP contribution < -0.4 is 10.4 Å². The van der Waals surface area contributed by atoms with Gasteiger partial charge in [0, 0.05) is 6.20 Å². The van der Waals surface area contributed by atoms with Crippen LogP contribution >= 0.6 is 0 Å². The molecular formula is C38H43NO6SSi. The molecule has 0 saturated carbocycles. The Morgan fingerprint density at radius 2 is 1.60 bits per heavy atom. The van der Waals surface area contributed by atoms with Gasteiger partial charge in [-0.2, -0.15) is 0 Å². The highest BCUT2D eigenvalue weighted by atomic mass is 32.2. The van der Waals surface area contributed by atoms with E-state index in [1.54, 1.807) is 24.4 Å². The van der Waals surface area contributed by atoms with Crippen LogP contribution in [0, 0.1) is 0 Å². The summed E-state index contributed by atoms with van der Waals surface area (Å²) in [5.41, 5.74) is 3.13.